The maximum Gasteiger partial charge on any atom is 0.261 e. The highest BCUT2D eigenvalue weighted by Crippen LogP contribution is 2.20. The summed E-state index contributed by atoms with van der Waals surface area (Å²) in [4.78, 5) is 31.3. The summed E-state index contributed by atoms with van der Waals surface area (Å²) in [6.07, 6.45) is 0. The quantitative estimate of drug-likeness (QED) is 0.554. The zero-order valence-corrected chi connectivity index (χ0v) is 14.4. The van der Waals surface area contributed by atoms with Crippen molar-refractivity contribution in [1.29, 1.82) is 0 Å². The molecule has 0 unspecified atom stereocenters. The highest BCUT2D eigenvalue weighted by Gasteiger charge is 2.11. The Balaban J connectivity index is 1.91. The summed E-state index contributed by atoms with van der Waals surface area (Å²) < 4.78 is 1.53. The van der Waals surface area contributed by atoms with Crippen molar-refractivity contribution in [2.45, 2.75) is 10.9 Å². The van der Waals surface area contributed by atoms with E-state index in [-0.39, 0.29) is 11.5 Å². The fraction of sp³-hybridized carbons (Fsp3) is 0.267. The molecule has 9 heteroatoms. The van der Waals surface area contributed by atoms with Crippen molar-refractivity contribution in [2.24, 2.45) is 7.05 Å². The molecule has 0 aliphatic carbocycles. The van der Waals surface area contributed by atoms with Crippen LogP contribution >= 0.6 is 11.8 Å². The molecule has 3 aromatic rings. The summed E-state index contributed by atoms with van der Waals surface area (Å²) in [7, 11) is 5.37. The fourth-order valence-electron chi connectivity index (χ4n) is 2.15. The van der Waals surface area contributed by atoms with Gasteiger partial charge in [-0.3, -0.25) is 9.36 Å². The molecule has 2 aromatic heterocycles. The van der Waals surface area contributed by atoms with Gasteiger partial charge < -0.3 is 10.6 Å². The predicted molar refractivity (Wildman–Crippen MR) is 95.1 cm³/mol. The minimum atomic E-state index is -0.0766. The summed E-state index contributed by atoms with van der Waals surface area (Å²) >= 11 is 1.38. The Kier molecular flexibility index (Phi) is 4.34. The zero-order chi connectivity index (χ0) is 17.3. The van der Waals surface area contributed by atoms with Crippen molar-refractivity contribution in [2.75, 3.05) is 24.7 Å². The number of hydrogen-bond donors (Lipinski definition) is 1. The van der Waals surface area contributed by atoms with Gasteiger partial charge in [0, 0.05) is 21.1 Å². The van der Waals surface area contributed by atoms with E-state index in [0.717, 1.165) is 0 Å². The van der Waals surface area contributed by atoms with Crippen LogP contribution in [-0.4, -0.2) is 38.6 Å². The lowest BCUT2D eigenvalue weighted by molar-refractivity contribution is 0.725. The second kappa shape index (κ2) is 6.44. The molecule has 0 saturated heterocycles. The summed E-state index contributed by atoms with van der Waals surface area (Å²) in [6, 6.07) is 7.29. The predicted octanol–water partition coefficient (Wildman–Crippen LogP) is 1.06. The Bertz CT molecular complexity index is 954. The van der Waals surface area contributed by atoms with E-state index < -0.39 is 0 Å². The molecular formula is C15H17N7OS. The molecule has 0 aliphatic heterocycles. The van der Waals surface area contributed by atoms with Gasteiger partial charge >= 0.3 is 0 Å². The van der Waals surface area contributed by atoms with Gasteiger partial charge in [-0.1, -0.05) is 23.9 Å². The number of aromatic nitrogens is 5. The lowest BCUT2D eigenvalue weighted by atomic mass is 10.2. The van der Waals surface area contributed by atoms with Crippen LogP contribution in [0, 0.1) is 0 Å². The molecule has 0 saturated carbocycles. The standard InChI is InChI=1S/C15H17N7OS/c1-21(2)14-19-11(18-13(16)20-14)8-24-15-17-10-7-5-4-6-9(10)12(23)22(15)3/h4-7H,8H2,1-3H3,(H2,16,18,19,20). The third kappa shape index (κ3) is 3.16. The highest BCUT2D eigenvalue weighted by atomic mass is 32.2. The molecule has 2 heterocycles. The van der Waals surface area contributed by atoms with Crippen LogP contribution in [0.3, 0.4) is 0 Å². The molecule has 124 valence electrons. The van der Waals surface area contributed by atoms with Crippen LogP contribution in [0.2, 0.25) is 0 Å². The van der Waals surface area contributed by atoms with Gasteiger partial charge in [0.2, 0.25) is 11.9 Å². The molecule has 0 bridgehead atoms. The molecular weight excluding hydrogens is 326 g/mol. The number of nitrogens with zero attached hydrogens (tertiary/aromatic N) is 6. The van der Waals surface area contributed by atoms with Crippen LogP contribution in [0.4, 0.5) is 11.9 Å². The van der Waals surface area contributed by atoms with E-state index in [4.69, 9.17) is 5.73 Å². The van der Waals surface area contributed by atoms with Crippen LogP contribution in [0.5, 0.6) is 0 Å². The van der Waals surface area contributed by atoms with Crippen LogP contribution < -0.4 is 16.2 Å². The van der Waals surface area contributed by atoms with Crippen molar-refractivity contribution >= 4 is 34.6 Å². The second-order valence-electron chi connectivity index (χ2n) is 5.37. The molecule has 0 amide bonds. The van der Waals surface area contributed by atoms with Gasteiger partial charge in [-0.05, 0) is 12.1 Å². The topological polar surface area (TPSA) is 103 Å². The Hall–Kier alpha value is -2.68. The first kappa shape index (κ1) is 16.2. The lowest BCUT2D eigenvalue weighted by Gasteiger charge is -2.12. The third-order valence-electron chi connectivity index (χ3n) is 3.36. The number of benzene rings is 1. The SMILES string of the molecule is CN(C)c1nc(N)nc(CSc2nc3ccccc3c(=O)n2C)n1. The van der Waals surface area contributed by atoms with Crippen molar-refractivity contribution < 1.29 is 0 Å². The largest absolute Gasteiger partial charge is 0.368 e. The lowest BCUT2D eigenvalue weighted by Crippen LogP contribution is -2.20. The molecule has 2 N–H and O–H groups in total. The monoisotopic (exact) mass is 343 g/mol. The normalized spacial score (nSPS) is 11.0. The first-order valence-corrected chi connectivity index (χ1v) is 8.20. The summed E-state index contributed by atoms with van der Waals surface area (Å²) in [5, 5.41) is 1.20. The first-order chi connectivity index (χ1) is 11.5. The number of thioether (sulfide) groups is 1. The highest BCUT2D eigenvalue weighted by molar-refractivity contribution is 7.98. The Labute approximate surface area is 142 Å². The van der Waals surface area contributed by atoms with Gasteiger partial charge in [-0.2, -0.15) is 15.0 Å². The smallest absolute Gasteiger partial charge is 0.261 e. The van der Waals surface area contributed by atoms with Crippen molar-refractivity contribution in [3.63, 3.8) is 0 Å². The zero-order valence-electron chi connectivity index (χ0n) is 13.6. The Morgan fingerprint density at radius 1 is 1.17 bits per heavy atom. The fourth-order valence-corrected chi connectivity index (χ4v) is 2.97. The van der Waals surface area contributed by atoms with Crippen LogP contribution in [0.15, 0.2) is 34.2 Å². The second-order valence-corrected chi connectivity index (χ2v) is 6.31. The molecule has 1 aromatic carbocycles. The van der Waals surface area contributed by atoms with Crippen LogP contribution in [0.1, 0.15) is 5.82 Å². The van der Waals surface area contributed by atoms with E-state index in [9.17, 15) is 4.79 Å². The van der Waals surface area contributed by atoms with Crippen molar-refractivity contribution in [3.8, 4) is 0 Å². The van der Waals surface area contributed by atoms with Gasteiger partial charge in [0.05, 0.1) is 16.7 Å². The minimum Gasteiger partial charge on any atom is -0.368 e. The summed E-state index contributed by atoms with van der Waals surface area (Å²) in [5.41, 5.74) is 6.32. The Morgan fingerprint density at radius 3 is 2.67 bits per heavy atom. The van der Waals surface area contributed by atoms with Crippen molar-refractivity contribution in [3.05, 3.63) is 40.4 Å². The number of rotatable bonds is 4. The van der Waals surface area contributed by atoms with E-state index >= 15 is 0 Å². The maximum atomic E-state index is 12.4. The average Bonchev–Trinajstić information content (AvgIpc) is 2.56. The molecule has 24 heavy (non-hydrogen) atoms. The van der Waals surface area contributed by atoms with Gasteiger partial charge in [-0.25, -0.2) is 4.98 Å². The maximum absolute atomic E-state index is 12.4. The molecule has 0 aliphatic rings. The molecule has 0 atom stereocenters. The number of para-hydroxylation sites is 1. The van der Waals surface area contributed by atoms with Gasteiger partial charge in [0.15, 0.2) is 5.16 Å². The van der Waals surface area contributed by atoms with Crippen molar-refractivity contribution in [1.82, 2.24) is 24.5 Å². The summed E-state index contributed by atoms with van der Waals surface area (Å²) in [6.45, 7) is 0. The number of anilines is 2. The number of nitrogens with two attached hydrogens (primary N) is 1. The average molecular weight is 343 g/mol. The first-order valence-electron chi connectivity index (χ1n) is 7.22. The van der Waals surface area contributed by atoms with Gasteiger partial charge in [0.1, 0.15) is 5.82 Å². The third-order valence-corrected chi connectivity index (χ3v) is 4.39. The minimum absolute atomic E-state index is 0.0766. The molecule has 3 rings (SSSR count). The molecule has 0 fully saturated rings. The van der Waals surface area contributed by atoms with E-state index in [2.05, 4.69) is 19.9 Å². The molecule has 8 nitrogen and oxygen atoms in total. The van der Waals surface area contributed by atoms with Gasteiger partial charge in [0.25, 0.3) is 5.56 Å². The molecule has 0 radical (unpaired) electrons. The van der Waals surface area contributed by atoms with E-state index in [1.54, 1.807) is 18.0 Å². The number of nitrogen functional groups attached to an aromatic ring is 1. The number of fused-ring (bicyclic) bond motifs is 1. The molecule has 0 spiro atoms. The van der Waals surface area contributed by atoms with Crippen LogP contribution in [0.25, 0.3) is 10.9 Å². The summed E-state index contributed by atoms with van der Waals surface area (Å²) in [5.74, 6) is 1.65. The van der Waals surface area contributed by atoms with E-state index in [1.807, 2.05) is 32.3 Å². The van der Waals surface area contributed by atoms with Gasteiger partial charge in [-0.15, -0.1) is 0 Å². The number of hydrogen-bond acceptors (Lipinski definition) is 8. The van der Waals surface area contributed by atoms with E-state index in [0.29, 0.717) is 33.6 Å². The van der Waals surface area contributed by atoms with E-state index in [1.165, 1.54) is 16.3 Å². The Morgan fingerprint density at radius 2 is 1.92 bits per heavy atom. The van der Waals surface area contributed by atoms with Crippen LogP contribution in [-0.2, 0) is 12.8 Å².